The Morgan fingerprint density at radius 1 is 1.24 bits per heavy atom. The minimum atomic E-state index is -0.429. The first kappa shape index (κ1) is 22.6. The van der Waals surface area contributed by atoms with Crippen LogP contribution in [0.25, 0.3) is 10.9 Å². The molecule has 0 fully saturated rings. The van der Waals surface area contributed by atoms with Gasteiger partial charge in [0.05, 0.1) is 10.9 Å². The number of aromatic amines is 1. The number of imidazole rings is 1. The summed E-state index contributed by atoms with van der Waals surface area (Å²) in [5, 5.41) is 3.55. The Morgan fingerprint density at radius 2 is 2.03 bits per heavy atom. The lowest BCUT2D eigenvalue weighted by atomic mass is 10.0. The molecule has 9 heteroatoms. The van der Waals surface area contributed by atoms with Gasteiger partial charge in [-0.25, -0.2) is 4.98 Å². The Morgan fingerprint density at radius 3 is 2.73 bits per heavy atom. The number of carbonyl (C=O) groups excluding carboxylic acids is 1. The first-order valence-electron chi connectivity index (χ1n) is 10.6. The number of methoxy groups -OCH3 is 1. The maximum atomic E-state index is 13.2. The summed E-state index contributed by atoms with van der Waals surface area (Å²) in [5.74, 6) is 0.436. The van der Waals surface area contributed by atoms with Crippen molar-refractivity contribution >= 4 is 29.0 Å². The van der Waals surface area contributed by atoms with Crippen molar-refractivity contribution in [1.82, 2.24) is 24.4 Å². The second-order valence-electron chi connectivity index (χ2n) is 7.71. The van der Waals surface area contributed by atoms with Gasteiger partial charge in [-0.05, 0) is 42.4 Å². The lowest BCUT2D eigenvalue weighted by Gasteiger charge is -2.19. The molecular formula is C24H25N5O3S. The molecule has 4 aromatic rings. The number of hydrogen-bond donors (Lipinski definition) is 2. The highest BCUT2D eigenvalue weighted by Gasteiger charge is 2.21. The van der Waals surface area contributed by atoms with Crippen LogP contribution in [-0.2, 0) is 18.3 Å². The van der Waals surface area contributed by atoms with Gasteiger partial charge in [0.15, 0.2) is 4.77 Å². The van der Waals surface area contributed by atoms with E-state index >= 15 is 0 Å². The standard InChI is InChI=1S/C24H25N5O3S/c1-28-13-11-25-21(28)20(16-7-4-3-5-8-16)27-22(30)17-9-10-18-19(15-17)26-24(33)29(23(18)31)12-6-14-32-2/h3-5,7-11,13,15,20H,6,12,14H2,1-2H3,(H,26,33)(H,27,30). The third kappa shape index (κ3) is 4.79. The predicted octanol–water partition coefficient (Wildman–Crippen LogP) is 3.35. The molecule has 2 aromatic heterocycles. The van der Waals surface area contributed by atoms with Crippen LogP contribution in [-0.4, -0.2) is 38.7 Å². The number of aryl methyl sites for hydroxylation is 1. The molecule has 2 heterocycles. The van der Waals surface area contributed by atoms with Crippen molar-refractivity contribution in [3.63, 3.8) is 0 Å². The molecule has 2 N–H and O–H groups in total. The number of nitrogens with one attached hydrogen (secondary N) is 2. The molecule has 33 heavy (non-hydrogen) atoms. The minimum Gasteiger partial charge on any atom is -0.385 e. The Hall–Kier alpha value is -3.56. The number of aromatic nitrogens is 4. The zero-order valence-corrected chi connectivity index (χ0v) is 19.3. The summed E-state index contributed by atoms with van der Waals surface area (Å²) in [6.07, 6.45) is 4.21. The van der Waals surface area contributed by atoms with Crippen molar-refractivity contribution in [3.05, 3.63) is 93.0 Å². The normalized spacial score (nSPS) is 12.1. The van der Waals surface area contributed by atoms with Crippen molar-refractivity contribution in [1.29, 1.82) is 0 Å². The molecule has 0 aliphatic heterocycles. The smallest absolute Gasteiger partial charge is 0.262 e. The molecule has 1 unspecified atom stereocenters. The van der Waals surface area contributed by atoms with E-state index in [1.165, 1.54) is 4.57 Å². The lowest BCUT2D eigenvalue weighted by Crippen LogP contribution is -2.31. The summed E-state index contributed by atoms with van der Waals surface area (Å²) in [6, 6.07) is 14.2. The molecule has 8 nitrogen and oxygen atoms in total. The summed E-state index contributed by atoms with van der Waals surface area (Å²) in [4.78, 5) is 33.6. The van der Waals surface area contributed by atoms with Gasteiger partial charge in [0.25, 0.3) is 11.5 Å². The third-order valence-electron chi connectivity index (χ3n) is 5.50. The number of carbonyl (C=O) groups is 1. The zero-order chi connectivity index (χ0) is 23.4. The molecule has 4 rings (SSSR count). The molecule has 0 aliphatic rings. The number of rotatable bonds is 8. The monoisotopic (exact) mass is 463 g/mol. The van der Waals surface area contributed by atoms with Crippen LogP contribution in [0.2, 0.25) is 0 Å². The fourth-order valence-corrected chi connectivity index (χ4v) is 4.06. The molecule has 0 spiro atoms. The van der Waals surface area contributed by atoms with Crippen LogP contribution in [0.15, 0.2) is 65.7 Å². The second kappa shape index (κ2) is 9.93. The third-order valence-corrected chi connectivity index (χ3v) is 5.82. The lowest BCUT2D eigenvalue weighted by molar-refractivity contribution is 0.0941. The Balaban J connectivity index is 1.66. The van der Waals surface area contributed by atoms with E-state index in [2.05, 4.69) is 15.3 Å². The zero-order valence-electron chi connectivity index (χ0n) is 18.4. The van der Waals surface area contributed by atoms with E-state index in [9.17, 15) is 9.59 Å². The second-order valence-corrected chi connectivity index (χ2v) is 8.09. The maximum Gasteiger partial charge on any atom is 0.262 e. The van der Waals surface area contributed by atoms with Gasteiger partial charge in [-0.2, -0.15) is 0 Å². The van der Waals surface area contributed by atoms with Gasteiger partial charge in [-0.15, -0.1) is 0 Å². The number of H-pyrrole nitrogens is 1. The topological polar surface area (TPSA) is 93.9 Å². The summed E-state index contributed by atoms with van der Waals surface area (Å²) in [5.41, 5.74) is 1.67. The van der Waals surface area contributed by atoms with Gasteiger partial charge in [-0.1, -0.05) is 30.3 Å². The average molecular weight is 464 g/mol. The highest BCUT2D eigenvalue weighted by molar-refractivity contribution is 7.71. The van der Waals surface area contributed by atoms with Crippen molar-refractivity contribution in [2.45, 2.75) is 19.0 Å². The molecule has 0 saturated heterocycles. The number of fused-ring (bicyclic) bond motifs is 1. The largest absolute Gasteiger partial charge is 0.385 e. The van der Waals surface area contributed by atoms with E-state index in [1.54, 1.807) is 31.5 Å². The quantitative estimate of drug-likeness (QED) is 0.309. The highest BCUT2D eigenvalue weighted by atomic mass is 32.1. The molecule has 1 amide bonds. The van der Waals surface area contributed by atoms with Gasteiger partial charge in [-0.3, -0.25) is 14.2 Å². The first-order chi connectivity index (χ1) is 16.0. The van der Waals surface area contributed by atoms with E-state index in [1.807, 2.05) is 48.1 Å². The average Bonchev–Trinajstić information content (AvgIpc) is 3.25. The molecule has 0 radical (unpaired) electrons. The Labute approximate surface area is 195 Å². The highest BCUT2D eigenvalue weighted by Crippen LogP contribution is 2.21. The fraction of sp³-hybridized carbons (Fsp3) is 0.250. The van der Waals surface area contributed by atoms with Crippen LogP contribution in [0.1, 0.15) is 34.2 Å². The summed E-state index contributed by atoms with van der Waals surface area (Å²) >= 11 is 5.38. The number of benzene rings is 2. The molecule has 0 saturated carbocycles. The maximum absolute atomic E-state index is 13.2. The summed E-state index contributed by atoms with van der Waals surface area (Å²) < 4.78 is 8.77. The molecule has 0 bridgehead atoms. The molecule has 170 valence electrons. The number of hydrogen-bond acceptors (Lipinski definition) is 5. The Bertz CT molecular complexity index is 1390. The van der Waals surface area contributed by atoms with Crippen LogP contribution in [0.4, 0.5) is 0 Å². The van der Waals surface area contributed by atoms with E-state index in [4.69, 9.17) is 17.0 Å². The van der Waals surface area contributed by atoms with Crippen molar-refractivity contribution in [3.8, 4) is 0 Å². The molecule has 2 aromatic carbocycles. The van der Waals surface area contributed by atoms with Gasteiger partial charge < -0.3 is 19.6 Å². The molecule has 1 atom stereocenters. The number of ether oxygens (including phenoxy) is 1. The van der Waals surface area contributed by atoms with Crippen LogP contribution in [0.5, 0.6) is 0 Å². The van der Waals surface area contributed by atoms with E-state index in [0.717, 1.165) is 5.56 Å². The SMILES string of the molecule is COCCCn1c(=S)[nH]c2cc(C(=O)NC(c3ccccc3)c3nccn3C)ccc2c1=O. The fourth-order valence-electron chi connectivity index (χ4n) is 3.78. The van der Waals surface area contributed by atoms with Crippen molar-refractivity contribution in [2.75, 3.05) is 13.7 Å². The van der Waals surface area contributed by atoms with E-state index < -0.39 is 6.04 Å². The predicted molar refractivity (Wildman–Crippen MR) is 129 cm³/mol. The minimum absolute atomic E-state index is 0.188. The Kier molecular flexibility index (Phi) is 6.81. The van der Waals surface area contributed by atoms with E-state index in [0.29, 0.717) is 46.6 Å². The van der Waals surface area contributed by atoms with Gasteiger partial charge >= 0.3 is 0 Å². The molecular weight excluding hydrogens is 438 g/mol. The van der Waals surface area contributed by atoms with Crippen molar-refractivity contribution < 1.29 is 9.53 Å². The van der Waals surface area contributed by atoms with Gasteiger partial charge in [0.1, 0.15) is 11.9 Å². The first-order valence-corrected chi connectivity index (χ1v) is 11.0. The van der Waals surface area contributed by atoms with E-state index in [-0.39, 0.29) is 11.5 Å². The summed E-state index contributed by atoms with van der Waals surface area (Å²) in [7, 11) is 3.50. The number of amides is 1. The van der Waals surface area contributed by atoms with Gasteiger partial charge in [0.2, 0.25) is 0 Å². The molecule has 0 aliphatic carbocycles. The van der Waals surface area contributed by atoms with Crippen LogP contribution < -0.4 is 10.9 Å². The van der Waals surface area contributed by atoms with Crippen LogP contribution in [0, 0.1) is 4.77 Å². The number of nitrogens with zero attached hydrogens (tertiary/aromatic N) is 3. The van der Waals surface area contributed by atoms with Gasteiger partial charge in [0, 0.05) is 45.3 Å². The summed E-state index contributed by atoms with van der Waals surface area (Å²) in [6.45, 7) is 1.000. The van der Waals surface area contributed by atoms with Crippen LogP contribution in [0.3, 0.4) is 0 Å². The van der Waals surface area contributed by atoms with Crippen LogP contribution >= 0.6 is 12.2 Å². The van der Waals surface area contributed by atoms with Crippen molar-refractivity contribution in [2.24, 2.45) is 7.05 Å².